The number of carbonyl (C=O) groups excluding carboxylic acids is 3. The van der Waals surface area contributed by atoms with Gasteiger partial charge in [-0.15, -0.1) is 0 Å². The summed E-state index contributed by atoms with van der Waals surface area (Å²) in [5.74, 6) is -2.07. The first kappa shape index (κ1) is 20.7. The summed E-state index contributed by atoms with van der Waals surface area (Å²) in [6.07, 6.45) is 1.05. The maximum absolute atomic E-state index is 12.4. The highest BCUT2D eigenvalue weighted by Gasteiger charge is 2.20. The van der Waals surface area contributed by atoms with Crippen molar-refractivity contribution in [2.24, 2.45) is 0 Å². The van der Waals surface area contributed by atoms with Crippen LogP contribution in [0.25, 0.3) is 0 Å². The van der Waals surface area contributed by atoms with Crippen LogP contribution >= 0.6 is 0 Å². The number of benzene rings is 2. The normalized spacial score (nSPS) is 10.8. The molecule has 2 aromatic rings. The Morgan fingerprint density at radius 1 is 0.964 bits per heavy atom. The third-order valence-electron chi connectivity index (χ3n) is 3.65. The van der Waals surface area contributed by atoms with Crippen molar-refractivity contribution in [2.45, 2.75) is 6.92 Å². The molecule has 0 saturated heterocycles. The zero-order valence-electron chi connectivity index (χ0n) is 15.8. The molecule has 0 saturated carbocycles. The van der Waals surface area contributed by atoms with E-state index < -0.39 is 18.5 Å². The topological polar surface area (TPSA) is 88.1 Å². The van der Waals surface area contributed by atoms with Crippen LogP contribution in [-0.2, 0) is 19.0 Å². The van der Waals surface area contributed by atoms with Gasteiger partial charge < -0.3 is 18.9 Å². The molecule has 2 aromatic carbocycles. The van der Waals surface area contributed by atoms with Crippen molar-refractivity contribution in [3.8, 4) is 5.75 Å². The van der Waals surface area contributed by atoms with E-state index in [1.165, 1.54) is 26.4 Å². The molecule has 0 spiro atoms. The van der Waals surface area contributed by atoms with Gasteiger partial charge >= 0.3 is 11.9 Å². The van der Waals surface area contributed by atoms with Crippen molar-refractivity contribution in [3.05, 3.63) is 77.2 Å². The Labute approximate surface area is 162 Å². The van der Waals surface area contributed by atoms with Gasteiger partial charge in [0.1, 0.15) is 17.6 Å². The fourth-order valence-electron chi connectivity index (χ4n) is 2.20. The van der Waals surface area contributed by atoms with E-state index in [-0.39, 0.29) is 22.9 Å². The summed E-state index contributed by atoms with van der Waals surface area (Å²) in [7, 11) is 2.52. The molecule has 0 heterocycles. The van der Waals surface area contributed by atoms with Gasteiger partial charge in [-0.05, 0) is 19.1 Å². The van der Waals surface area contributed by atoms with Crippen LogP contribution in [0.2, 0.25) is 0 Å². The highest BCUT2D eigenvalue weighted by Crippen LogP contribution is 2.22. The second-order valence-electron chi connectivity index (χ2n) is 5.67. The molecule has 146 valence electrons. The summed E-state index contributed by atoms with van der Waals surface area (Å²) in [5, 5.41) is 0. The van der Waals surface area contributed by atoms with Crippen molar-refractivity contribution < 1.29 is 33.3 Å². The minimum absolute atomic E-state index is 0.0464. The number of esters is 2. The predicted octanol–water partition coefficient (Wildman–Crippen LogP) is 3.07. The molecular formula is C21H20O7. The average Bonchev–Trinajstić information content (AvgIpc) is 2.71. The summed E-state index contributed by atoms with van der Waals surface area (Å²) in [4.78, 5) is 36.3. The van der Waals surface area contributed by atoms with Gasteiger partial charge in [0.2, 0.25) is 5.76 Å². The van der Waals surface area contributed by atoms with Crippen LogP contribution in [0, 0.1) is 6.92 Å². The number of para-hydroxylation sites is 1. The van der Waals surface area contributed by atoms with E-state index in [2.05, 4.69) is 4.74 Å². The van der Waals surface area contributed by atoms with Crippen molar-refractivity contribution in [3.63, 3.8) is 0 Å². The highest BCUT2D eigenvalue weighted by atomic mass is 16.6. The second-order valence-corrected chi connectivity index (χ2v) is 5.67. The number of Topliss-reactive ketones (excluding diaryl/α,β-unsaturated/α-hetero) is 1. The van der Waals surface area contributed by atoms with Gasteiger partial charge in [-0.25, -0.2) is 9.59 Å². The van der Waals surface area contributed by atoms with Crippen LogP contribution in [0.15, 0.2) is 60.6 Å². The molecule has 0 fully saturated rings. The van der Waals surface area contributed by atoms with E-state index in [1.54, 1.807) is 36.4 Å². The van der Waals surface area contributed by atoms with Crippen LogP contribution in [0.4, 0.5) is 0 Å². The molecule has 0 radical (unpaired) electrons. The monoisotopic (exact) mass is 384 g/mol. The van der Waals surface area contributed by atoms with Crippen LogP contribution in [0.1, 0.15) is 26.3 Å². The van der Waals surface area contributed by atoms with E-state index in [9.17, 15) is 14.4 Å². The van der Waals surface area contributed by atoms with Gasteiger partial charge in [-0.2, -0.15) is 0 Å². The Balaban J connectivity index is 2.11. The van der Waals surface area contributed by atoms with Gasteiger partial charge in [-0.3, -0.25) is 4.79 Å². The summed E-state index contributed by atoms with van der Waals surface area (Å²) >= 11 is 0. The number of hydrogen-bond donors (Lipinski definition) is 0. The lowest BCUT2D eigenvalue weighted by atomic mass is 10.1. The van der Waals surface area contributed by atoms with E-state index >= 15 is 0 Å². The molecule has 0 unspecified atom stereocenters. The molecule has 0 atom stereocenters. The molecule has 0 aliphatic heterocycles. The Kier molecular flexibility index (Phi) is 7.33. The van der Waals surface area contributed by atoms with Crippen LogP contribution in [0.3, 0.4) is 0 Å². The Hall–Kier alpha value is -3.61. The smallest absolute Gasteiger partial charge is 0.377 e. The molecule has 0 bridgehead atoms. The lowest BCUT2D eigenvalue weighted by Gasteiger charge is -2.12. The van der Waals surface area contributed by atoms with E-state index in [4.69, 9.17) is 14.2 Å². The number of aryl methyl sites for hydroxylation is 1. The second kappa shape index (κ2) is 9.91. The fraction of sp³-hybridized carbons (Fsp3) is 0.190. The molecule has 7 heteroatoms. The third kappa shape index (κ3) is 5.44. The first-order valence-corrected chi connectivity index (χ1v) is 8.31. The number of hydrogen-bond acceptors (Lipinski definition) is 7. The molecular weight excluding hydrogens is 364 g/mol. The first-order chi connectivity index (χ1) is 13.5. The lowest BCUT2D eigenvalue weighted by molar-refractivity contribution is -0.138. The van der Waals surface area contributed by atoms with Crippen molar-refractivity contribution >= 4 is 17.7 Å². The van der Waals surface area contributed by atoms with Crippen LogP contribution in [0.5, 0.6) is 5.75 Å². The van der Waals surface area contributed by atoms with Gasteiger partial charge in [0.25, 0.3) is 0 Å². The van der Waals surface area contributed by atoms with Crippen LogP contribution < -0.4 is 4.74 Å². The largest absolute Gasteiger partial charge is 0.500 e. The maximum atomic E-state index is 12.4. The minimum atomic E-state index is -0.778. The zero-order chi connectivity index (χ0) is 20.5. The maximum Gasteiger partial charge on any atom is 0.377 e. The van der Waals surface area contributed by atoms with E-state index in [0.29, 0.717) is 5.56 Å². The van der Waals surface area contributed by atoms with Gasteiger partial charge in [0, 0.05) is 5.56 Å². The number of ketones is 1. The third-order valence-corrected chi connectivity index (χ3v) is 3.65. The van der Waals surface area contributed by atoms with Crippen molar-refractivity contribution in [1.82, 2.24) is 0 Å². The van der Waals surface area contributed by atoms with Crippen molar-refractivity contribution in [1.29, 1.82) is 0 Å². The molecule has 2 rings (SSSR count). The first-order valence-electron chi connectivity index (χ1n) is 8.31. The van der Waals surface area contributed by atoms with Gasteiger partial charge in [0.05, 0.1) is 14.2 Å². The SMILES string of the molecule is COC=C(Oc1ccccc1C(=O)OCC(=O)c1ccc(C)cc1)C(=O)OC. The number of ether oxygens (including phenoxy) is 4. The summed E-state index contributed by atoms with van der Waals surface area (Å²) in [6, 6.07) is 13.1. The van der Waals surface area contributed by atoms with Gasteiger partial charge in [-0.1, -0.05) is 42.0 Å². The summed E-state index contributed by atoms with van der Waals surface area (Å²) < 4.78 is 19.9. The molecule has 0 aromatic heterocycles. The Morgan fingerprint density at radius 2 is 1.64 bits per heavy atom. The molecule has 7 nitrogen and oxygen atoms in total. The highest BCUT2D eigenvalue weighted by molar-refractivity contribution is 6.00. The molecule has 28 heavy (non-hydrogen) atoms. The van der Waals surface area contributed by atoms with E-state index in [0.717, 1.165) is 11.8 Å². The lowest BCUT2D eigenvalue weighted by Crippen LogP contribution is -2.16. The van der Waals surface area contributed by atoms with Crippen molar-refractivity contribution in [2.75, 3.05) is 20.8 Å². The standard InChI is InChI=1S/C21H20O7/c1-14-8-10-15(11-9-14)17(22)12-27-20(23)16-6-4-5-7-18(16)28-19(13-25-2)21(24)26-3/h4-11,13H,12H2,1-3H3. The molecule has 0 aliphatic rings. The fourth-order valence-corrected chi connectivity index (χ4v) is 2.20. The number of carbonyl (C=O) groups is 3. The quantitative estimate of drug-likeness (QED) is 0.299. The van der Waals surface area contributed by atoms with Gasteiger partial charge in [0.15, 0.2) is 12.4 Å². The molecule has 0 amide bonds. The van der Waals surface area contributed by atoms with E-state index in [1.807, 2.05) is 6.92 Å². The zero-order valence-corrected chi connectivity index (χ0v) is 15.8. The minimum Gasteiger partial charge on any atom is -0.500 e. The number of methoxy groups -OCH3 is 2. The summed E-state index contributed by atoms with van der Waals surface area (Å²) in [5.41, 5.74) is 1.51. The Bertz CT molecular complexity index is 882. The molecule has 0 N–H and O–H groups in total. The van der Waals surface area contributed by atoms with Crippen LogP contribution in [-0.4, -0.2) is 38.5 Å². The summed E-state index contributed by atoms with van der Waals surface area (Å²) in [6.45, 7) is 1.49. The Morgan fingerprint density at radius 3 is 2.29 bits per heavy atom. The number of rotatable bonds is 8. The predicted molar refractivity (Wildman–Crippen MR) is 100.0 cm³/mol. The molecule has 0 aliphatic carbocycles. The average molecular weight is 384 g/mol.